The second-order valence-corrected chi connectivity index (χ2v) is 2.92. The zero-order valence-electron chi connectivity index (χ0n) is 8.82. The first-order valence-corrected chi connectivity index (χ1v) is 4.65. The average molecular weight is 189 g/mol. The van der Waals surface area contributed by atoms with Gasteiger partial charge in [-0.25, -0.2) is 0 Å². The van der Waals surface area contributed by atoms with Crippen molar-refractivity contribution >= 4 is 6.21 Å². The Hall–Kier alpha value is -1.57. The maximum atomic E-state index is 5.36. The predicted octanol–water partition coefficient (Wildman–Crippen LogP) is 3.49. The second kappa shape index (κ2) is 5.22. The first-order valence-electron chi connectivity index (χ1n) is 4.65. The molecule has 1 rings (SSSR count). The summed E-state index contributed by atoms with van der Waals surface area (Å²) in [5, 5.41) is 0. The molecule has 14 heavy (non-hydrogen) atoms. The maximum absolute atomic E-state index is 5.36. The lowest BCUT2D eigenvalue weighted by molar-refractivity contribution is 0.528. The summed E-state index contributed by atoms with van der Waals surface area (Å²) >= 11 is 0. The Morgan fingerprint density at radius 2 is 2.14 bits per heavy atom. The second-order valence-electron chi connectivity index (χ2n) is 2.92. The van der Waals surface area contributed by atoms with Gasteiger partial charge in [-0.05, 0) is 39.0 Å². The third kappa shape index (κ3) is 3.05. The van der Waals surface area contributed by atoms with Gasteiger partial charge in [-0.3, -0.25) is 4.99 Å². The molecule has 0 aliphatic carbocycles. The van der Waals surface area contributed by atoms with E-state index in [0.717, 1.165) is 17.2 Å². The molecule has 1 aromatic rings. The highest BCUT2D eigenvalue weighted by Gasteiger charge is 1.93. The Kier molecular flexibility index (Phi) is 3.92. The predicted molar refractivity (Wildman–Crippen MR) is 59.6 cm³/mol. The zero-order chi connectivity index (χ0) is 10.4. The van der Waals surface area contributed by atoms with Crippen LogP contribution in [0.25, 0.3) is 0 Å². The fraction of sp³-hybridized carbons (Fsp3) is 0.250. The molecule has 74 valence electrons. The van der Waals surface area contributed by atoms with Gasteiger partial charge in [0.2, 0.25) is 0 Å². The van der Waals surface area contributed by atoms with E-state index in [-0.39, 0.29) is 0 Å². The van der Waals surface area contributed by atoms with Crippen molar-refractivity contribution in [1.82, 2.24) is 0 Å². The summed E-state index contributed by atoms with van der Waals surface area (Å²) in [5.41, 5.74) is 0.932. The highest BCUT2D eigenvalue weighted by Crippen LogP contribution is 2.05. The summed E-state index contributed by atoms with van der Waals surface area (Å²) in [4.78, 5) is 4.27. The minimum absolute atomic E-state index is 0.784. The van der Waals surface area contributed by atoms with E-state index >= 15 is 0 Å². The molecule has 2 heteroatoms. The fourth-order valence-corrected chi connectivity index (χ4v) is 1.05. The van der Waals surface area contributed by atoms with Gasteiger partial charge in [-0.15, -0.1) is 0 Å². The van der Waals surface area contributed by atoms with E-state index in [9.17, 15) is 0 Å². The molecule has 1 heterocycles. The Balaban J connectivity index is 2.72. The lowest BCUT2D eigenvalue weighted by Crippen LogP contribution is -1.77. The molecule has 0 fully saturated rings. The third-order valence-corrected chi connectivity index (χ3v) is 1.74. The number of hydrogen-bond donors (Lipinski definition) is 0. The highest BCUT2D eigenvalue weighted by atomic mass is 16.3. The zero-order valence-corrected chi connectivity index (χ0v) is 8.82. The Morgan fingerprint density at radius 1 is 1.36 bits per heavy atom. The van der Waals surface area contributed by atoms with Gasteiger partial charge in [-0.2, -0.15) is 0 Å². The van der Waals surface area contributed by atoms with E-state index in [1.807, 2.05) is 51.1 Å². The van der Waals surface area contributed by atoms with Crippen LogP contribution in [0.5, 0.6) is 0 Å². The van der Waals surface area contributed by atoms with Crippen LogP contribution in [0, 0.1) is 6.92 Å². The Morgan fingerprint density at radius 3 is 2.64 bits per heavy atom. The first kappa shape index (κ1) is 10.5. The third-order valence-electron chi connectivity index (χ3n) is 1.74. The van der Waals surface area contributed by atoms with Crippen molar-refractivity contribution < 1.29 is 4.42 Å². The summed E-state index contributed by atoms with van der Waals surface area (Å²) < 4.78 is 5.36. The molecule has 0 amide bonds. The number of hydrogen-bond acceptors (Lipinski definition) is 2. The van der Waals surface area contributed by atoms with Gasteiger partial charge in [0.15, 0.2) is 0 Å². The molecule has 0 aliphatic heterocycles. The molecule has 0 saturated carbocycles. The maximum Gasteiger partial charge on any atom is 0.145 e. The quantitative estimate of drug-likeness (QED) is 0.528. The van der Waals surface area contributed by atoms with E-state index < -0.39 is 0 Å². The lowest BCUT2D eigenvalue weighted by atomic mass is 10.4. The van der Waals surface area contributed by atoms with E-state index in [1.54, 1.807) is 6.21 Å². The molecule has 0 spiro atoms. The number of furan rings is 1. The molecule has 0 atom stereocenters. The molecule has 0 N–H and O–H groups in total. The molecule has 0 radical (unpaired) electrons. The molecule has 2 nitrogen and oxygen atoms in total. The van der Waals surface area contributed by atoms with Gasteiger partial charge < -0.3 is 4.42 Å². The normalized spacial score (nSPS) is 13.2. The van der Waals surface area contributed by atoms with Crippen molar-refractivity contribution in [2.24, 2.45) is 4.99 Å². The van der Waals surface area contributed by atoms with Gasteiger partial charge in [0.05, 0.1) is 11.9 Å². The van der Waals surface area contributed by atoms with Crippen molar-refractivity contribution in [3.63, 3.8) is 0 Å². The molecule has 0 aliphatic rings. The van der Waals surface area contributed by atoms with Crippen LogP contribution in [-0.4, -0.2) is 6.21 Å². The fourth-order valence-electron chi connectivity index (χ4n) is 1.05. The molecular weight excluding hydrogens is 174 g/mol. The highest BCUT2D eigenvalue weighted by molar-refractivity contribution is 5.77. The van der Waals surface area contributed by atoms with Crippen molar-refractivity contribution in [3.05, 3.63) is 47.6 Å². The van der Waals surface area contributed by atoms with E-state index in [2.05, 4.69) is 4.99 Å². The van der Waals surface area contributed by atoms with Gasteiger partial charge >= 0.3 is 0 Å². The summed E-state index contributed by atoms with van der Waals surface area (Å²) in [5.74, 6) is 1.69. The van der Waals surface area contributed by atoms with Crippen LogP contribution in [0.1, 0.15) is 25.4 Å². The summed E-state index contributed by atoms with van der Waals surface area (Å²) in [6, 6.07) is 3.83. The van der Waals surface area contributed by atoms with Crippen molar-refractivity contribution in [2.45, 2.75) is 20.8 Å². The van der Waals surface area contributed by atoms with Crippen LogP contribution in [0.15, 0.2) is 45.5 Å². The van der Waals surface area contributed by atoms with Crippen LogP contribution >= 0.6 is 0 Å². The van der Waals surface area contributed by atoms with Crippen LogP contribution < -0.4 is 0 Å². The lowest BCUT2D eigenvalue weighted by Gasteiger charge is -1.90. The minimum Gasteiger partial charge on any atom is -0.460 e. The molecule has 0 aromatic carbocycles. The van der Waals surface area contributed by atoms with Crippen LogP contribution in [0.2, 0.25) is 0 Å². The van der Waals surface area contributed by atoms with E-state index in [1.165, 1.54) is 0 Å². The topological polar surface area (TPSA) is 25.5 Å². The monoisotopic (exact) mass is 189 g/mol. The number of allylic oxidation sites excluding steroid dienone is 3. The van der Waals surface area contributed by atoms with Crippen molar-refractivity contribution in [2.75, 3.05) is 0 Å². The van der Waals surface area contributed by atoms with Crippen LogP contribution in [-0.2, 0) is 0 Å². The number of aliphatic imine (C=N–C) groups is 1. The van der Waals surface area contributed by atoms with Gasteiger partial charge in [-0.1, -0.05) is 12.2 Å². The summed E-state index contributed by atoms with van der Waals surface area (Å²) in [6.45, 7) is 5.84. The number of aryl methyl sites for hydroxylation is 1. The first-order chi connectivity index (χ1) is 6.76. The van der Waals surface area contributed by atoms with Gasteiger partial charge in [0.25, 0.3) is 0 Å². The summed E-state index contributed by atoms with van der Waals surface area (Å²) in [7, 11) is 0. The molecule has 1 aromatic heterocycles. The number of rotatable bonds is 3. The smallest absolute Gasteiger partial charge is 0.145 e. The van der Waals surface area contributed by atoms with Crippen molar-refractivity contribution in [1.29, 1.82) is 0 Å². The van der Waals surface area contributed by atoms with Gasteiger partial charge in [0, 0.05) is 0 Å². The summed E-state index contributed by atoms with van der Waals surface area (Å²) in [6.07, 6.45) is 7.58. The SMILES string of the molecule is C/C=C\C(=C/C)N=Cc1ccc(C)o1. The van der Waals surface area contributed by atoms with Crippen molar-refractivity contribution in [3.8, 4) is 0 Å². The Labute approximate surface area is 84.7 Å². The minimum atomic E-state index is 0.784. The van der Waals surface area contributed by atoms with Crippen LogP contribution in [0.3, 0.4) is 0 Å². The number of nitrogens with zero attached hydrogens (tertiary/aromatic N) is 1. The molecule has 0 bridgehead atoms. The largest absolute Gasteiger partial charge is 0.460 e. The Bertz CT molecular complexity index is 369. The van der Waals surface area contributed by atoms with E-state index in [4.69, 9.17) is 4.42 Å². The van der Waals surface area contributed by atoms with E-state index in [0.29, 0.717) is 0 Å². The molecular formula is C12H15NO. The molecule has 0 saturated heterocycles. The standard InChI is InChI=1S/C12H15NO/c1-4-6-11(5-2)13-9-12-8-7-10(3)14-12/h4-9H,1-3H3/b6-4-,11-5+,13-9?. The van der Waals surface area contributed by atoms with Gasteiger partial charge in [0.1, 0.15) is 11.5 Å². The average Bonchev–Trinajstić information content (AvgIpc) is 2.59. The van der Waals surface area contributed by atoms with Crippen LogP contribution in [0.4, 0.5) is 0 Å². The molecule has 0 unspecified atom stereocenters.